The van der Waals surface area contributed by atoms with Gasteiger partial charge in [0.25, 0.3) is 11.8 Å². The van der Waals surface area contributed by atoms with Gasteiger partial charge in [0.2, 0.25) is 0 Å². The first-order chi connectivity index (χ1) is 10.8. The summed E-state index contributed by atoms with van der Waals surface area (Å²) in [6.07, 6.45) is 1.87. The molecule has 2 aliphatic rings. The molecule has 1 heterocycles. The Labute approximate surface area is 128 Å². The van der Waals surface area contributed by atoms with E-state index in [1.165, 1.54) is 0 Å². The minimum absolute atomic E-state index is 0.247. The molecule has 2 aromatic carbocycles. The molecule has 1 aliphatic carbocycles. The summed E-state index contributed by atoms with van der Waals surface area (Å²) in [6, 6.07) is 16.6. The summed E-state index contributed by atoms with van der Waals surface area (Å²) < 4.78 is 0. The molecule has 4 heteroatoms. The van der Waals surface area contributed by atoms with Gasteiger partial charge in [-0.25, -0.2) is 0 Å². The highest BCUT2D eigenvalue weighted by Gasteiger charge is 2.42. The SMILES string of the molecule is O=C1c2ccccc2C(=O)N1OC(c1ccccc1)C1CC1. The quantitative estimate of drug-likeness (QED) is 0.812. The molecule has 1 saturated carbocycles. The third-order valence-electron chi connectivity index (χ3n) is 4.15. The molecular formula is C18H15NO3. The van der Waals surface area contributed by atoms with Gasteiger partial charge >= 0.3 is 0 Å². The lowest BCUT2D eigenvalue weighted by atomic mass is 10.1. The predicted octanol–water partition coefficient (Wildman–Crippen LogP) is 3.37. The summed E-state index contributed by atoms with van der Waals surface area (Å²) in [5, 5.41) is 0.931. The van der Waals surface area contributed by atoms with E-state index in [1.807, 2.05) is 30.3 Å². The zero-order chi connectivity index (χ0) is 15.1. The zero-order valence-corrected chi connectivity index (χ0v) is 11.9. The number of hydrogen-bond acceptors (Lipinski definition) is 3. The van der Waals surface area contributed by atoms with Crippen molar-refractivity contribution in [3.63, 3.8) is 0 Å². The monoisotopic (exact) mass is 293 g/mol. The van der Waals surface area contributed by atoms with Gasteiger partial charge in [-0.15, -0.1) is 5.06 Å². The van der Waals surface area contributed by atoms with Gasteiger partial charge in [0.15, 0.2) is 0 Å². The van der Waals surface area contributed by atoms with Crippen LogP contribution in [0.25, 0.3) is 0 Å². The van der Waals surface area contributed by atoms with Crippen molar-refractivity contribution < 1.29 is 14.4 Å². The molecule has 0 spiro atoms. The third kappa shape index (κ3) is 2.12. The molecule has 0 N–H and O–H groups in total. The van der Waals surface area contributed by atoms with Crippen LogP contribution in [0.5, 0.6) is 0 Å². The van der Waals surface area contributed by atoms with Crippen molar-refractivity contribution in [2.75, 3.05) is 0 Å². The van der Waals surface area contributed by atoms with Gasteiger partial charge in [0, 0.05) is 0 Å². The lowest BCUT2D eigenvalue weighted by Crippen LogP contribution is -2.32. The maximum atomic E-state index is 12.4. The molecule has 0 bridgehead atoms. The Morgan fingerprint density at radius 1 is 0.864 bits per heavy atom. The summed E-state index contributed by atoms with van der Waals surface area (Å²) in [7, 11) is 0. The molecule has 1 aliphatic heterocycles. The molecule has 4 rings (SSSR count). The number of amides is 2. The minimum atomic E-state index is -0.373. The molecule has 1 unspecified atom stereocenters. The van der Waals surface area contributed by atoms with E-state index in [0.717, 1.165) is 23.5 Å². The van der Waals surface area contributed by atoms with Crippen LogP contribution in [0, 0.1) is 5.92 Å². The third-order valence-corrected chi connectivity index (χ3v) is 4.15. The number of hydrogen-bond donors (Lipinski definition) is 0. The van der Waals surface area contributed by atoms with Crippen molar-refractivity contribution in [2.45, 2.75) is 18.9 Å². The normalized spacial score (nSPS) is 18.5. The van der Waals surface area contributed by atoms with Crippen LogP contribution in [-0.4, -0.2) is 16.9 Å². The van der Waals surface area contributed by atoms with Crippen molar-refractivity contribution in [3.05, 3.63) is 71.3 Å². The van der Waals surface area contributed by atoms with Crippen LogP contribution in [0.4, 0.5) is 0 Å². The number of imide groups is 1. The van der Waals surface area contributed by atoms with Crippen LogP contribution >= 0.6 is 0 Å². The Bertz CT molecular complexity index is 702. The zero-order valence-electron chi connectivity index (χ0n) is 11.9. The number of carbonyl (C=O) groups is 2. The Kier molecular flexibility index (Phi) is 3.05. The lowest BCUT2D eigenvalue weighted by Gasteiger charge is -2.22. The smallest absolute Gasteiger partial charge is 0.266 e. The minimum Gasteiger partial charge on any atom is -0.266 e. The van der Waals surface area contributed by atoms with Crippen molar-refractivity contribution in [2.24, 2.45) is 5.92 Å². The highest BCUT2D eigenvalue weighted by molar-refractivity contribution is 6.20. The van der Waals surface area contributed by atoms with E-state index in [1.54, 1.807) is 24.3 Å². The summed E-state index contributed by atoms with van der Waals surface area (Å²) in [5.74, 6) is -0.379. The summed E-state index contributed by atoms with van der Waals surface area (Å²) in [5.41, 5.74) is 1.83. The van der Waals surface area contributed by atoms with Crippen molar-refractivity contribution >= 4 is 11.8 Å². The topological polar surface area (TPSA) is 46.6 Å². The van der Waals surface area contributed by atoms with E-state index in [9.17, 15) is 9.59 Å². The van der Waals surface area contributed by atoms with E-state index < -0.39 is 0 Å². The van der Waals surface area contributed by atoms with Crippen molar-refractivity contribution in [1.82, 2.24) is 5.06 Å². The fourth-order valence-corrected chi connectivity index (χ4v) is 2.84. The number of nitrogens with zero attached hydrogens (tertiary/aromatic N) is 1. The molecule has 4 nitrogen and oxygen atoms in total. The standard InChI is InChI=1S/C18H15NO3/c20-17-14-8-4-5-9-15(14)18(21)19(17)22-16(13-10-11-13)12-6-2-1-3-7-12/h1-9,13,16H,10-11H2. The number of hydroxylamine groups is 2. The van der Waals surface area contributed by atoms with E-state index in [4.69, 9.17) is 4.84 Å². The fourth-order valence-electron chi connectivity index (χ4n) is 2.84. The Morgan fingerprint density at radius 2 is 1.41 bits per heavy atom. The van der Waals surface area contributed by atoms with Crippen LogP contribution in [0.1, 0.15) is 45.2 Å². The van der Waals surface area contributed by atoms with Gasteiger partial charge in [-0.1, -0.05) is 42.5 Å². The van der Waals surface area contributed by atoms with Gasteiger partial charge in [0.05, 0.1) is 11.1 Å². The molecule has 1 fully saturated rings. The predicted molar refractivity (Wildman–Crippen MR) is 79.9 cm³/mol. The van der Waals surface area contributed by atoms with Crippen LogP contribution in [0.2, 0.25) is 0 Å². The molecular weight excluding hydrogens is 278 g/mol. The van der Waals surface area contributed by atoms with E-state index >= 15 is 0 Å². The number of benzene rings is 2. The second-order valence-electron chi connectivity index (χ2n) is 5.72. The Morgan fingerprint density at radius 3 is 1.95 bits per heavy atom. The Hall–Kier alpha value is -2.46. The largest absolute Gasteiger partial charge is 0.285 e. The Balaban J connectivity index is 1.63. The van der Waals surface area contributed by atoms with Crippen molar-refractivity contribution in [1.29, 1.82) is 0 Å². The van der Waals surface area contributed by atoms with Crippen LogP contribution < -0.4 is 0 Å². The maximum absolute atomic E-state index is 12.4. The lowest BCUT2D eigenvalue weighted by molar-refractivity contribution is -0.141. The molecule has 2 amide bonds. The first kappa shape index (κ1) is 13.2. The van der Waals surface area contributed by atoms with Crippen LogP contribution in [-0.2, 0) is 4.84 Å². The first-order valence-corrected chi connectivity index (χ1v) is 7.45. The van der Waals surface area contributed by atoms with Crippen LogP contribution in [0.15, 0.2) is 54.6 Å². The first-order valence-electron chi connectivity index (χ1n) is 7.45. The molecule has 110 valence electrons. The van der Waals surface area contributed by atoms with Gasteiger partial charge in [-0.05, 0) is 36.5 Å². The number of carbonyl (C=O) groups excluding carboxylic acids is 2. The highest BCUT2D eigenvalue weighted by Crippen LogP contribution is 2.44. The van der Waals surface area contributed by atoms with Gasteiger partial charge < -0.3 is 0 Å². The average Bonchev–Trinajstić information content (AvgIpc) is 3.37. The molecule has 1 atom stereocenters. The molecule has 0 aromatic heterocycles. The van der Waals surface area contributed by atoms with E-state index in [0.29, 0.717) is 17.0 Å². The highest BCUT2D eigenvalue weighted by atomic mass is 16.7. The molecule has 0 saturated heterocycles. The van der Waals surface area contributed by atoms with Crippen LogP contribution in [0.3, 0.4) is 0 Å². The summed E-state index contributed by atoms with van der Waals surface area (Å²) in [6.45, 7) is 0. The van der Waals surface area contributed by atoms with Gasteiger partial charge in [-0.3, -0.25) is 14.4 Å². The second kappa shape index (κ2) is 5.07. The summed E-state index contributed by atoms with van der Waals surface area (Å²) in [4.78, 5) is 30.7. The molecule has 0 radical (unpaired) electrons. The number of rotatable bonds is 4. The molecule has 2 aromatic rings. The molecule has 22 heavy (non-hydrogen) atoms. The number of fused-ring (bicyclic) bond motifs is 1. The van der Waals surface area contributed by atoms with Gasteiger partial charge in [-0.2, -0.15) is 0 Å². The summed E-state index contributed by atoms with van der Waals surface area (Å²) >= 11 is 0. The van der Waals surface area contributed by atoms with Gasteiger partial charge in [0.1, 0.15) is 6.10 Å². The fraction of sp³-hybridized carbons (Fsp3) is 0.222. The second-order valence-corrected chi connectivity index (χ2v) is 5.72. The van der Waals surface area contributed by atoms with E-state index in [2.05, 4.69) is 0 Å². The average molecular weight is 293 g/mol. The maximum Gasteiger partial charge on any atom is 0.285 e. The van der Waals surface area contributed by atoms with E-state index in [-0.39, 0.29) is 17.9 Å². The van der Waals surface area contributed by atoms with Crippen molar-refractivity contribution in [3.8, 4) is 0 Å².